The van der Waals surface area contributed by atoms with Gasteiger partial charge in [-0.3, -0.25) is 9.36 Å². The summed E-state index contributed by atoms with van der Waals surface area (Å²) in [5.74, 6) is -0.922. The number of carbonyl (C=O) groups is 2. The summed E-state index contributed by atoms with van der Waals surface area (Å²) in [5, 5.41) is 2.81. The number of anilines is 1. The number of carbonyl (C=O) groups excluding carboxylic acids is 2. The Hall–Kier alpha value is -2.60. The first kappa shape index (κ1) is 31.9. The van der Waals surface area contributed by atoms with E-state index in [-0.39, 0.29) is 18.5 Å². The van der Waals surface area contributed by atoms with Crippen molar-refractivity contribution in [2.75, 3.05) is 18.7 Å². The number of nitrogen functional groups attached to an aromatic ring is 1. The fraction of sp³-hybridized carbons (Fsp3) is 0.731. The van der Waals surface area contributed by atoms with E-state index in [9.17, 15) is 14.2 Å². The molecule has 0 aromatic carbocycles. The molecule has 2 heterocycles. The zero-order valence-electron chi connectivity index (χ0n) is 24.1. The minimum absolute atomic E-state index is 0.167. The van der Waals surface area contributed by atoms with E-state index in [2.05, 4.69) is 27.0 Å². The highest BCUT2D eigenvalue weighted by atomic mass is 31.2. The molecule has 0 radical (unpaired) electrons. The monoisotopic (exact) mass is 582 g/mol. The maximum atomic E-state index is 14.1. The second-order valence-corrected chi connectivity index (χ2v) is 12.8. The number of fused-ring (bicyclic) bond motifs is 1. The van der Waals surface area contributed by atoms with Gasteiger partial charge < -0.3 is 29.0 Å². The second-order valence-electron chi connectivity index (χ2n) is 10.8. The van der Waals surface area contributed by atoms with Crippen molar-refractivity contribution in [1.82, 2.24) is 24.6 Å². The predicted octanol–water partition coefficient (Wildman–Crippen LogP) is 3.96. The van der Waals surface area contributed by atoms with Crippen molar-refractivity contribution in [3.05, 3.63) is 12.7 Å². The van der Waals surface area contributed by atoms with Crippen LogP contribution in [0.3, 0.4) is 0 Å². The third kappa shape index (κ3) is 8.95. The maximum Gasteiger partial charge on any atom is 0.335 e. The summed E-state index contributed by atoms with van der Waals surface area (Å²) >= 11 is 0. The van der Waals surface area contributed by atoms with Gasteiger partial charge in [0.1, 0.15) is 29.8 Å². The van der Waals surface area contributed by atoms with Gasteiger partial charge in [-0.25, -0.2) is 24.8 Å². The average molecular weight is 583 g/mol. The van der Waals surface area contributed by atoms with Crippen molar-refractivity contribution >= 4 is 36.4 Å². The number of aromatic nitrogens is 4. The van der Waals surface area contributed by atoms with Gasteiger partial charge in [0.15, 0.2) is 17.6 Å². The van der Waals surface area contributed by atoms with Crippen molar-refractivity contribution < 1.29 is 32.9 Å². The average Bonchev–Trinajstić information content (AvgIpc) is 3.56. The molecule has 14 heteroatoms. The molecular weight excluding hydrogens is 539 g/mol. The molecule has 3 rings (SSSR count). The number of rotatable bonds is 16. The van der Waals surface area contributed by atoms with Crippen LogP contribution >= 0.6 is 7.52 Å². The lowest BCUT2D eigenvalue weighted by Crippen LogP contribution is -2.47. The molecule has 1 fully saturated rings. The molecule has 224 valence electrons. The summed E-state index contributed by atoms with van der Waals surface area (Å²) in [4.78, 5) is 38.0. The fourth-order valence-corrected chi connectivity index (χ4v) is 6.58. The van der Waals surface area contributed by atoms with Crippen molar-refractivity contribution in [3.8, 4) is 0 Å². The molecule has 2 aromatic rings. The van der Waals surface area contributed by atoms with E-state index in [0.717, 1.165) is 44.9 Å². The Morgan fingerprint density at radius 2 is 1.93 bits per heavy atom. The number of nitrogens with zero attached hydrogens (tertiary/aromatic N) is 4. The van der Waals surface area contributed by atoms with E-state index >= 15 is 0 Å². The summed E-state index contributed by atoms with van der Waals surface area (Å²) in [6, 6.07) is 0. The minimum atomic E-state index is -3.94. The lowest BCUT2D eigenvalue weighted by molar-refractivity contribution is -0.156. The first-order valence-electron chi connectivity index (χ1n) is 13.9. The SMILES string of the molecule is CCCCCOC(=O)C(C)(C)N[P@](=O)(CO[C@H](C)Cn1cnc2c(N)ncnc21)O[C@@H](C)C(=O)OC1CCCC1. The van der Waals surface area contributed by atoms with Gasteiger partial charge in [0.25, 0.3) is 7.52 Å². The maximum absolute atomic E-state index is 14.1. The summed E-state index contributed by atoms with van der Waals surface area (Å²) in [5.41, 5.74) is 5.50. The van der Waals surface area contributed by atoms with E-state index in [0.29, 0.717) is 17.7 Å². The number of unbranched alkanes of at least 4 members (excludes halogenated alkanes) is 2. The Morgan fingerprint density at radius 1 is 1.20 bits per heavy atom. The van der Waals surface area contributed by atoms with Gasteiger partial charge in [-0.15, -0.1) is 0 Å². The van der Waals surface area contributed by atoms with Crippen LogP contribution in [0, 0.1) is 0 Å². The molecule has 1 aliphatic carbocycles. The Morgan fingerprint density at radius 3 is 2.62 bits per heavy atom. The number of nitrogens with two attached hydrogens (primary N) is 1. The molecule has 0 saturated heterocycles. The molecule has 0 unspecified atom stereocenters. The minimum Gasteiger partial charge on any atom is -0.464 e. The van der Waals surface area contributed by atoms with Crippen molar-refractivity contribution in [1.29, 1.82) is 0 Å². The molecule has 0 bridgehead atoms. The van der Waals surface area contributed by atoms with Crippen LogP contribution in [-0.2, 0) is 39.4 Å². The van der Waals surface area contributed by atoms with Crippen LogP contribution in [-0.4, -0.2) is 68.3 Å². The van der Waals surface area contributed by atoms with Crippen molar-refractivity contribution in [3.63, 3.8) is 0 Å². The van der Waals surface area contributed by atoms with Crippen LogP contribution < -0.4 is 10.8 Å². The van der Waals surface area contributed by atoms with Crippen LogP contribution in [0.25, 0.3) is 11.2 Å². The molecule has 13 nitrogen and oxygen atoms in total. The zero-order valence-corrected chi connectivity index (χ0v) is 25.0. The number of esters is 2. The van der Waals surface area contributed by atoms with Crippen LogP contribution in [0.2, 0.25) is 0 Å². The lowest BCUT2D eigenvalue weighted by atomic mass is 10.1. The summed E-state index contributed by atoms with van der Waals surface area (Å²) in [6.07, 6.45) is 6.96. The molecule has 0 amide bonds. The molecule has 2 aromatic heterocycles. The highest BCUT2D eigenvalue weighted by Gasteiger charge is 2.41. The van der Waals surface area contributed by atoms with E-state index < -0.39 is 43.6 Å². The van der Waals surface area contributed by atoms with E-state index in [1.165, 1.54) is 13.3 Å². The second kappa shape index (κ2) is 14.3. The Balaban J connectivity index is 1.69. The van der Waals surface area contributed by atoms with Gasteiger partial charge in [-0.2, -0.15) is 0 Å². The van der Waals surface area contributed by atoms with Gasteiger partial charge in [0.2, 0.25) is 0 Å². The Kier molecular flexibility index (Phi) is 11.4. The van der Waals surface area contributed by atoms with Crippen molar-refractivity contribution in [2.45, 2.75) is 110 Å². The molecular formula is C26H43N6O7P. The van der Waals surface area contributed by atoms with Gasteiger partial charge in [0.05, 0.1) is 25.6 Å². The first-order valence-corrected chi connectivity index (χ1v) is 15.7. The topological polar surface area (TPSA) is 170 Å². The van der Waals surface area contributed by atoms with Gasteiger partial charge in [-0.05, 0) is 59.8 Å². The van der Waals surface area contributed by atoms with Crippen LogP contribution in [0.15, 0.2) is 12.7 Å². The largest absolute Gasteiger partial charge is 0.464 e. The molecule has 0 aliphatic heterocycles. The van der Waals surface area contributed by atoms with Gasteiger partial charge in [0, 0.05) is 0 Å². The lowest BCUT2D eigenvalue weighted by Gasteiger charge is -2.31. The van der Waals surface area contributed by atoms with E-state index in [4.69, 9.17) is 24.5 Å². The summed E-state index contributed by atoms with van der Waals surface area (Å²) in [7, 11) is -3.94. The fourth-order valence-electron chi connectivity index (χ4n) is 4.41. The predicted molar refractivity (Wildman–Crippen MR) is 149 cm³/mol. The zero-order chi connectivity index (χ0) is 29.3. The van der Waals surface area contributed by atoms with Crippen LogP contribution in [0.1, 0.15) is 79.6 Å². The summed E-state index contributed by atoms with van der Waals surface area (Å²) < 4.78 is 38.5. The van der Waals surface area contributed by atoms with Crippen molar-refractivity contribution in [2.24, 2.45) is 0 Å². The first-order chi connectivity index (χ1) is 18.9. The molecule has 3 N–H and O–H groups in total. The molecule has 3 atom stereocenters. The number of hydrogen-bond donors (Lipinski definition) is 2. The highest BCUT2D eigenvalue weighted by molar-refractivity contribution is 7.56. The molecule has 1 saturated carbocycles. The third-order valence-corrected chi connectivity index (χ3v) is 8.64. The number of imidazole rings is 1. The van der Waals surface area contributed by atoms with E-state index in [1.807, 2.05) is 0 Å². The quantitative estimate of drug-likeness (QED) is 0.166. The Bertz CT molecular complexity index is 1180. The Labute approximate surface area is 235 Å². The van der Waals surface area contributed by atoms with Gasteiger partial charge >= 0.3 is 11.9 Å². The number of nitrogens with one attached hydrogen (secondary N) is 1. The van der Waals surface area contributed by atoms with Gasteiger partial charge in [-0.1, -0.05) is 19.8 Å². The number of hydrogen-bond acceptors (Lipinski definition) is 11. The smallest absolute Gasteiger partial charge is 0.335 e. The molecule has 40 heavy (non-hydrogen) atoms. The van der Waals surface area contributed by atoms with Crippen LogP contribution in [0.4, 0.5) is 5.82 Å². The van der Waals surface area contributed by atoms with E-state index in [1.54, 1.807) is 31.7 Å². The summed E-state index contributed by atoms with van der Waals surface area (Å²) in [6.45, 7) is 9.00. The normalized spacial score (nSPS) is 17.4. The van der Waals surface area contributed by atoms with Crippen LogP contribution in [0.5, 0.6) is 0 Å². The molecule has 1 aliphatic rings. The molecule has 0 spiro atoms. The standard InChI is InChI=1S/C26H43N6O7P/c1-6-7-10-13-36-25(34)26(4,5)31-40(35,39-19(3)24(33)38-20-11-8-9-12-20)17-37-18(2)14-32-16-30-21-22(27)28-15-29-23(21)32/h15-16,18-20H,6-14,17H2,1-5H3,(H,31,35)(H2,27,28,29)/t18-,19+,40+/m1/s1. The number of ether oxygens (including phenoxy) is 3. The highest BCUT2D eigenvalue weighted by Crippen LogP contribution is 2.46. The third-order valence-electron chi connectivity index (χ3n) is 6.60.